The molecular weight excluding hydrogens is 90.1 g/mol. The molecule has 0 radical (unpaired) electrons. The molecule has 2 nitrogen and oxygen atoms in total. The minimum absolute atomic E-state index is 0.387. The Hall–Kier alpha value is -0.0800. The smallest absolute Gasteiger partial charge is 0.123 e. The van der Waals surface area contributed by atoms with Gasteiger partial charge in [-0.05, 0) is 6.42 Å². The summed E-state index contributed by atoms with van der Waals surface area (Å²) in [5.41, 5.74) is 0. The Morgan fingerprint density at radius 2 is 2.86 bits per heavy atom. The van der Waals surface area contributed by atoms with Crippen LogP contribution in [0.2, 0.25) is 1.41 Å². The molecule has 2 heteroatoms. The van der Waals surface area contributed by atoms with Crippen LogP contribution in [0, 0.1) is 0 Å². The van der Waals surface area contributed by atoms with Gasteiger partial charge in [0.05, 0.1) is 12.7 Å². The lowest BCUT2D eigenvalue weighted by Crippen LogP contribution is -2.30. The van der Waals surface area contributed by atoms with E-state index in [-0.39, 0.29) is 0 Å². The minimum Gasteiger partial charge on any atom is -0.375 e. The van der Waals surface area contributed by atoms with E-state index in [0.29, 0.717) is 12.1 Å². The molecule has 40 valence electrons. The van der Waals surface area contributed by atoms with Crippen molar-refractivity contribution < 1.29 is 6.15 Å². The second kappa shape index (κ2) is 1.20. The summed E-state index contributed by atoms with van der Waals surface area (Å²) in [5, 5.41) is 1.63. The first-order chi connectivity index (χ1) is 3.86. The van der Waals surface area contributed by atoms with Gasteiger partial charge in [-0.15, -0.1) is 0 Å². The minimum atomic E-state index is 0.387. The van der Waals surface area contributed by atoms with E-state index >= 15 is 0 Å². The second-order valence-corrected chi connectivity index (χ2v) is 2.21. The second-order valence-electron chi connectivity index (χ2n) is 2.21. The number of morpholine rings is 1. The Balaban J connectivity index is 2.11. The van der Waals surface area contributed by atoms with Crippen LogP contribution in [0.15, 0.2) is 0 Å². The van der Waals surface area contributed by atoms with Gasteiger partial charge in [-0.25, -0.2) is 0 Å². The Morgan fingerprint density at radius 1 is 1.86 bits per heavy atom. The zero-order chi connectivity index (χ0) is 5.56. The van der Waals surface area contributed by atoms with Gasteiger partial charge >= 0.3 is 0 Å². The molecule has 2 rings (SSSR count). The molecule has 7 heavy (non-hydrogen) atoms. The molecule has 0 spiro atoms. The molecule has 2 heterocycles. The number of ether oxygens (including phenoxy) is 1. The number of nitrogens with one attached hydrogen (secondary N) is 1. The van der Waals surface area contributed by atoms with Crippen LogP contribution in [0.3, 0.4) is 0 Å². The zero-order valence-electron chi connectivity index (χ0n) is 5.13. The standard InChI is InChI=1S/C5H9NO/c1-4-3-7-5(1)2-6-4/h4-6H,1-3H2/t4-,5-/m0/s1/i/hD. The van der Waals surface area contributed by atoms with Crippen LogP contribution >= 0.6 is 0 Å². The van der Waals surface area contributed by atoms with Gasteiger partial charge in [0.2, 0.25) is 0 Å². The van der Waals surface area contributed by atoms with Crippen molar-refractivity contribution in [3.63, 3.8) is 0 Å². The maximum Gasteiger partial charge on any atom is 0.123 e. The Kier molecular flexibility index (Phi) is 0.523. The maximum absolute atomic E-state index is 7.27. The van der Waals surface area contributed by atoms with Crippen molar-refractivity contribution in [2.75, 3.05) is 13.2 Å². The molecule has 0 amide bonds. The molecule has 2 saturated heterocycles. The summed E-state index contributed by atoms with van der Waals surface area (Å²) in [7, 11) is 0. The van der Waals surface area contributed by atoms with Crippen molar-refractivity contribution in [3.8, 4) is 0 Å². The molecule has 1 N–H and O–H groups in total. The van der Waals surface area contributed by atoms with Gasteiger partial charge in [0.25, 0.3) is 0 Å². The molecule has 0 aromatic rings. The van der Waals surface area contributed by atoms with E-state index in [9.17, 15) is 0 Å². The van der Waals surface area contributed by atoms with Crippen LogP contribution in [-0.2, 0) is 4.74 Å². The normalized spacial score (nSPS) is 52.9. The molecule has 0 saturated carbocycles. The third kappa shape index (κ3) is 0.469. The molecule has 0 aliphatic carbocycles. The number of hydrogen-bond acceptors (Lipinski definition) is 2. The molecule has 2 aliphatic heterocycles. The van der Waals surface area contributed by atoms with E-state index in [1.54, 1.807) is 5.31 Å². The third-order valence-corrected chi connectivity index (χ3v) is 1.63. The van der Waals surface area contributed by atoms with E-state index in [1.807, 2.05) is 0 Å². The van der Waals surface area contributed by atoms with Crippen molar-refractivity contribution in [2.45, 2.75) is 18.6 Å². The molecule has 2 bridgehead atoms. The Morgan fingerprint density at radius 3 is 3.14 bits per heavy atom. The van der Waals surface area contributed by atoms with Gasteiger partial charge in [0, 0.05) is 12.6 Å². The first-order valence-electron chi connectivity index (χ1n) is 3.18. The van der Waals surface area contributed by atoms with E-state index in [0.717, 1.165) is 19.6 Å². The molecule has 2 fully saturated rings. The summed E-state index contributed by atoms with van der Waals surface area (Å²) in [6.45, 7) is 1.61. The summed E-state index contributed by atoms with van der Waals surface area (Å²) in [6.07, 6.45) is 1.47. The van der Waals surface area contributed by atoms with E-state index in [2.05, 4.69) is 0 Å². The highest BCUT2D eigenvalue weighted by Crippen LogP contribution is 2.17. The van der Waals surface area contributed by atoms with Gasteiger partial charge in [0.15, 0.2) is 0 Å². The van der Waals surface area contributed by atoms with E-state index in [4.69, 9.17) is 6.15 Å². The van der Waals surface area contributed by atoms with Gasteiger partial charge in [-0.2, -0.15) is 0 Å². The SMILES string of the molecule is [2H]N1C[C@@H]2C[C@H]1CO2. The lowest BCUT2D eigenvalue weighted by atomic mass is 10.3. The molecular formula is C5H9NO. The van der Waals surface area contributed by atoms with Crippen LogP contribution in [0.1, 0.15) is 6.42 Å². The van der Waals surface area contributed by atoms with Gasteiger partial charge in [-0.1, -0.05) is 0 Å². The fourth-order valence-corrected chi connectivity index (χ4v) is 1.21. The highest BCUT2D eigenvalue weighted by molar-refractivity contribution is 4.87. The van der Waals surface area contributed by atoms with Crippen molar-refractivity contribution in [3.05, 3.63) is 0 Å². The summed E-state index contributed by atoms with van der Waals surface area (Å²) in [5.74, 6) is 0. The average molecular weight is 100 g/mol. The maximum atomic E-state index is 7.27. The van der Waals surface area contributed by atoms with Crippen molar-refractivity contribution in [1.82, 2.24) is 5.31 Å². The largest absolute Gasteiger partial charge is 0.375 e. The van der Waals surface area contributed by atoms with Crippen molar-refractivity contribution in [2.24, 2.45) is 0 Å². The summed E-state index contributed by atoms with van der Waals surface area (Å²) < 4.78 is 12.5. The number of hydrogen-bond donors (Lipinski definition) is 1. The van der Waals surface area contributed by atoms with Crippen molar-refractivity contribution in [1.29, 1.82) is 0 Å². The summed E-state index contributed by atoms with van der Waals surface area (Å²) in [6, 6.07) is 0.417. The van der Waals surface area contributed by atoms with Crippen LogP contribution in [-0.4, -0.2) is 25.3 Å². The Bertz CT molecular complexity index is 107. The zero-order valence-corrected chi connectivity index (χ0v) is 4.13. The van der Waals surface area contributed by atoms with E-state index < -0.39 is 0 Å². The summed E-state index contributed by atoms with van der Waals surface area (Å²) in [4.78, 5) is 0. The van der Waals surface area contributed by atoms with Gasteiger partial charge in [-0.3, -0.25) is 0 Å². The molecule has 0 aromatic heterocycles. The monoisotopic (exact) mass is 100 g/mol. The molecule has 0 aromatic carbocycles. The van der Waals surface area contributed by atoms with Crippen LogP contribution in [0.5, 0.6) is 0 Å². The summed E-state index contributed by atoms with van der Waals surface area (Å²) >= 11 is 0. The predicted molar refractivity (Wildman–Crippen MR) is 26.1 cm³/mol. The number of rotatable bonds is 0. The van der Waals surface area contributed by atoms with Crippen molar-refractivity contribution >= 4 is 0 Å². The fraction of sp³-hybridized carbons (Fsp3) is 1.00. The number of fused-ring (bicyclic) bond motifs is 2. The van der Waals surface area contributed by atoms with Crippen LogP contribution < -0.4 is 5.31 Å². The average Bonchev–Trinajstić information content (AvgIpc) is 2.23. The lowest BCUT2D eigenvalue weighted by molar-refractivity contribution is 0.0892. The fourth-order valence-electron chi connectivity index (χ4n) is 1.21. The quantitative estimate of drug-likeness (QED) is 0.453. The third-order valence-electron chi connectivity index (χ3n) is 1.63. The predicted octanol–water partition coefficient (Wildman–Crippen LogP) is -0.253. The lowest BCUT2D eigenvalue weighted by Gasteiger charge is -2.09. The highest BCUT2D eigenvalue weighted by atomic mass is 16.5. The van der Waals surface area contributed by atoms with Gasteiger partial charge in [0.1, 0.15) is 1.41 Å². The highest BCUT2D eigenvalue weighted by Gasteiger charge is 2.31. The molecule has 2 aliphatic rings. The molecule has 0 unspecified atom stereocenters. The van der Waals surface area contributed by atoms with Gasteiger partial charge < -0.3 is 10.0 Å². The van der Waals surface area contributed by atoms with Crippen LogP contribution in [0.4, 0.5) is 0 Å². The first-order valence-corrected chi connectivity index (χ1v) is 2.73. The molecule has 2 atom stereocenters. The first kappa shape index (κ1) is 3.05. The topological polar surface area (TPSA) is 21.3 Å². The van der Waals surface area contributed by atoms with E-state index in [1.165, 1.54) is 0 Å². The Labute approximate surface area is 44.3 Å². The van der Waals surface area contributed by atoms with Crippen LogP contribution in [0.25, 0.3) is 0 Å².